The number of hydrogen-bond acceptors (Lipinski definition) is 4. The summed E-state index contributed by atoms with van der Waals surface area (Å²) in [7, 11) is 0. The third kappa shape index (κ3) is 4.39. The first kappa shape index (κ1) is 19.2. The van der Waals surface area contributed by atoms with Gasteiger partial charge in [-0.25, -0.2) is 9.97 Å². The molecule has 1 amide bonds. The maximum Gasteiger partial charge on any atom is 0.252 e. The Morgan fingerprint density at radius 1 is 1.11 bits per heavy atom. The lowest BCUT2D eigenvalue weighted by molar-refractivity contribution is -0.112. The predicted octanol–water partition coefficient (Wildman–Crippen LogP) is 4.30. The number of nitrogens with one attached hydrogen (secondary N) is 1. The quantitative estimate of drug-likeness (QED) is 0.500. The van der Waals surface area contributed by atoms with E-state index in [1.807, 2.05) is 48.5 Å². The van der Waals surface area contributed by atoms with Gasteiger partial charge in [-0.3, -0.25) is 4.79 Å². The van der Waals surface area contributed by atoms with Crippen molar-refractivity contribution in [1.82, 2.24) is 9.97 Å². The van der Waals surface area contributed by atoms with Crippen LogP contribution in [-0.2, 0) is 4.79 Å². The second-order valence-corrected chi connectivity index (χ2v) is 6.21. The fraction of sp³-hybridized carbons (Fsp3) is 0.0870. The average molecular weight is 371 g/mol. The maximum absolute atomic E-state index is 12.4. The molecule has 1 unspecified atom stereocenters. The van der Waals surface area contributed by atoms with E-state index < -0.39 is 6.10 Å². The van der Waals surface area contributed by atoms with Crippen molar-refractivity contribution in [2.75, 3.05) is 5.32 Å². The fourth-order valence-electron chi connectivity index (χ4n) is 2.69. The molecule has 0 saturated heterocycles. The number of anilines is 1. The highest BCUT2D eigenvalue weighted by atomic mass is 16.3. The van der Waals surface area contributed by atoms with Gasteiger partial charge in [0.05, 0.1) is 11.9 Å². The van der Waals surface area contributed by atoms with Crippen LogP contribution in [0.5, 0.6) is 0 Å². The molecule has 3 aromatic rings. The molecule has 0 aliphatic rings. The molecule has 2 N–H and O–H groups in total. The summed E-state index contributed by atoms with van der Waals surface area (Å²) in [4.78, 5) is 21.4. The molecule has 1 aromatic heterocycles. The summed E-state index contributed by atoms with van der Waals surface area (Å²) in [6.07, 6.45) is 3.70. The molecule has 5 nitrogen and oxygen atoms in total. The highest BCUT2D eigenvalue weighted by Gasteiger charge is 2.20. The molecule has 140 valence electrons. The van der Waals surface area contributed by atoms with E-state index in [0.29, 0.717) is 16.8 Å². The molecule has 28 heavy (non-hydrogen) atoms. The van der Waals surface area contributed by atoms with Gasteiger partial charge in [-0.2, -0.15) is 0 Å². The van der Waals surface area contributed by atoms with Gasteiger partial charge in [0.25, 0.3) is 5.91 Å². The Morgan fingerprint density at radius 2 is 1.75 bits per heavy atom. The highest BCUT2D eigenvalue weighted by molar-refractivity contribution is 6.03. The summed E-state index contributed by atoms with van der Waals surface area (Å²) in [6.45, 7) is 5.27. The number of amides is 1. The van der Waals surface area contributed by atoms with Gasteiger partial charge in [-0.1, -0.05) is 79.4 Å². The highest BCUT2D eigenvalue weighted by Crippen LogP contribution is 2.28. The third-order valence-electron chi connectivity index (χ3n) is 4.20. The molecule has 2 aromatic carbocycles. The molecule has 0 aliphatic heterocycles. The number of nitrogens with zero attached hydrogens (tertiary/aromatic N) is 2. The minimum atomic E-state index is -1.03. The number of carbonyl (C=O) groups is 1. The zero-order chi connectivity index (χ0) is 19.9. The molecule has 3 rings (SSSR count). The molecular formula is C23H21N3O2. The van der Waals surface area contributed by atoms with Gasteiger partial charge >= 0.3 is 0 Å². The van der Waals surface area contributed by atoms with E-state index in [-0.39, 0.29) is 17.4 Å². The summed E-state index contributed by atoms with van der Waals surface area (Å²) in [5.41, 5.74) is 2.91. The Kier molecular flexibility index (Phi) is 6.09. The summed E-state index contributed by atoms with van der Waals surface area (Å²) in [6, 6.07) is 18.7. The van der Waals surface area contributed by atoms with Crippen molar-refractivity contribution in [2.45, 2.75) is 13.0 Å². The molecule has 1 atom stereocenters. The predicted molar refractivity (Wildman–Crippen MR) is 111 cm³/mol. The van der Waals surface area contributed by atoms with Crippen LogP contribution in [0.25, 0.3) is 11.3 Å². The Balaban J connectivity index is 2.04. The molecule has 0 aliphatic carbocycles. The minimum absolute atomic E-state index is 0.220. The molecule has 1 heterocycles. The molecule has 0 spiro atoms. The molecular weight excluding hydrogens is 350 g/mol. The smallest absolute Gasteiger partial charge is 0.252 e. The van der Waals surface area contributed by atoms with E-state index in [4.69, 9.17) is 0 Å². The fourth-order valence-corrected chi connectivity index (χ4v) is 2.69. The lowest BCUT2D eigenvalue weighted by Gasteiger charge is -2.16. The zero-order valence-corrected chi connectivity index (χ0v) is 15.5. The Bertz CT molecular complexity index is 999. The average Bonchev–Trinajstić information content (AvgIpc) is 2.75. The van der Waals surface area contributed by atoms with Crippen LogP contribution in [0.15, 0.2) is 91.2 Å². The molecule has 0 saturated carbocycles. The minimum Gasteiger partial charge on any atom is -0.382 e. The van der Waals surface area contributed by atoms with Crippen molar-refractivity contribution in [3.8, 4) is 11.3 Å². The van der Waals surface area contributed by atoms with Crippen molar-refractivity contribution in [3.63, 3.8) is 0 Å². The van der Waals surface area contributed by atoms with Gasteiger partial charge in [0.1, 0.15) is 11.8 Å². The number of aliphatic hydroxyl groups is 1. The van der Waals surface area contributed by atoms with E-state index >= 15 is 0 Å². The van der Waals surface area contributed by atoms with Crippen LogP contribution < -0.4 is 5.32 Å². The second kappa shape index (κ2) is 8.88. The Morgan fingerprint density at radius 3 is 2.39 bits per heavy atom. The van der Waals surface area contributed by atoms with Crippen LogP contribution in [0, 0.1) is 0 Å². The van der Waals surface area contributed by atoms with Crippen LogP contribution in [0.4, 0.5) is 5.82 Å². The van der Waals surface area contributed by atoms with Crippen LogP contribution in [0.2, 0.25) is 0 Å². The standard InChI is InChI=1S/C23H21N3O2/c1-3-10-16(2)23(28)26-22-20(21(27)18-13-8-5-9-14-18)25-19(15-24-22)17-11-6-4-7-12-17/h3-15,21,27H,1H2,2H3,(H,24,26,28)/b16-10+. The zero-order valence-electron chi connectivity index (χ0n) is 15.5. The lowest BCUT2D eigenvalue weighted by atomic mass is 10.1. The van der Waals surface area contributed by atoms with E-state index in [2.05, 4.69) is 21.9 Å². The van der Waals surface area contributed by atoms with Crippen molar-refractivity contribution >= 4 is 11.7 Å². The summed E-state index contributed by atoms with van der Waals surface area (Å²) in [5, 5.41) is 13.7. The van der Waals surface area contributed by atoms with Crippen LogP contribution >= 0.6 is 0 Å². The summed E-state index contributed by atoms with van der Waals surface area (Å²) in [5.74, 6) is -0.110. The van der Waals surface area contributed by atoms with E-state index in [0.717, 1.165) is 5.56 Å². The lowest BCUT2D eigenvalue weighted by Crippen LogP contribution is -2.18. The maximum atomic E-state index is 12.4. The number of allylic oxidation sites excluding steroid dienone is 2. The van der Waals surface area contributed by atoms with E-state index in [9.17, 15) is 9.90 Å². The number of hydrogen-bond donors (Lipinski definition) is 2. The number of rotatable bonds is 6. The van der Waals surface area contributed by atoms with E-state index in [1.54, 1.807) is 37.4 Å². The monoisotopic (exact) mass is 371 g/mol. The molecule has 5 heteroatoms. The van der Waals surface area contributed by atoms with Crippen molar-refractivity contribution < 1.29 is 9.90 Å². The van der Waals surface area contributed by atoms with E-state index in [1.165, 1.54) is 0 Å². The van der Waals surface area contributed by atoms with Crippen LogP contribution in [-0.4, -0.2) is 21.0 Å². The Labute approximate surface area is 164 Å². The van der Waals surface area contributed by atoms with Crippen LogP contribution in [0.3, 0.4) is 0 Å². The summed E-state index contributed by atoms with van der Waals surface area (Å²) < 4.78 is 0. The second-order valence-electron chi connectivity index (χ2n) is 6.21. The van der Waals surface area contributed by atoms with Crippen molar-refractivity contribution in [2.24, 2.45) is 0 Å². The van der Waals surface area contributed by atoms with Crippen LogP contribution in [0.1, 0.15) is 24.3 Å². The molecule has 0 radical (unpaired) electrons. The van der Waals surface area contributed by atoms with Gasteiger partial charge in [0.15, 0.2) is 5.82 Å². The number of aromatic nitrogens is 2. The Hall–Kier alpha value is -3.57. The van der Waals surface area contributed by atoms with Crippen molar-refractivity contribution in [1.29, 1.82) is 0 Å². The van der Waals surface area contributed by atoms with Crippen molar-refractivity contribution in [3.05, 3.63) is 102 Å². The SMILES string of the molecule is C=C/C=C(\C)C(=O)Nc1ncc(-c2ccccc2)nc1C(O)c1ccccc1. The topological polar surface area (TPSA) is 75.1 Å². The number of carbonyl (C=O) groups excluding carboxylic acids is 1. The van der Waals surface area contributed by atoms with Gasteiger partial charge < -0.3 is 10.4 Å². The largest absolute Gasteiger partial charge is 0.382 e. The number of benzene rings is 2. The van der Waals surface area contributed by atoms with Gasteiger partial charge in [-0.05, 0) is 12.5 Å². The van der Waals surface area contributed by atoms with Gasteiger partial charge in [-0.15, -0.1) is 0 Å². The first-order valence-corrected chi connectivity index (χ1v) is 8.86. The molecule has 0 fully saturated rings. The molecule has 0 bridgehead atoms. The van der Waals surface area contributed by atoms with Gasteiger partial charge in [0.2, 0.25) is 0 Å². The normalized spacial score (nSPS) is 12.3. The number of aliphatic hydroxyl groups excluding tert-OH is 1. The third-order valence-corrected chi connectivity index (χ3v) is 4.20. The summed E-state index contributed by atoms with van der Waals surface area (Å²) >= 11 is 0. The first-order valence-electron chi connectivity index (χ1n) is 8.86. The first-order chi connectivity index (χ1) is 13.6. The van der Waals surface area contributed by atoms with Gasteiger partial charge in [0, 0.05) is 11.1 Å².